The minimum Gasteiger partial charge on any atom is -0.302 e. The normalized spacial score (nSPS) is 19.7. The van der Waals surface area contributed by atoms with Gasteiger partial charge in [0.15, 0.2) is 0 Å². The smallest absolute Gasteiger partial charge is 0.140 e. The number of aldehydes is 1. The molecule has 3 rings (SSSR count). The molecule has 23 heavy (non-hydrogen) atoms. The Kier molecular flexibility index (Phi) is 6.28. The lowest BCUT2D eigenvalue weighted by atomic mass is 9.87. The van der Waals surface area contributed by atoms with E-state index in [1.165, 1.54) is 0 Å². The van der Waals surface area contributed by atoms with Crippen molar-refractivity contribution in [3.8, 4) is 0 Å². The molecule has 0 bridgehead atoms. The molecule has 1 aliphatic heterocycles. The van der Waals surface area contributed by atoms with Gasteiger partial charge in [-0.3, -0.25) is 9.82 Å². The highest BCUT2D eigenvalue weighted by molar-refractivity contribution is 6.31. The highest BCUT2D eigenvalue weighted by Gasteiger charge is 2.41. The molecule has 1 saturated heterocycles. The predicted octanol–water partition coefficient (Wildman–Crippen LogP) is 3.76. The van der Waals surface area contributed by atoms with Crippen molar-refractivity contribution in [2.45, 2.75) is 26.4 Å². The Labute approximate surface area is 142 Å². The Bertz CT molecular complexity index is 593. The van der Waals surface area contributed by atoms with Crippen LogP contribution < -0.4 is 0 Å². The molecule has 4 nitrogen and oxygen atoms in total. The quantitative estimate of drug-likeness (QED) is 0.803. The zero-order chi connectivity index (χ0) is 16.7. The molecule has 2 aromatic rings. The van der Waals surface area contributed by atoms with Gasteiger partial charge in [0.2, 0.25) is 0 Å². The monoisotopic (exact) mass is 332 g/mol. The lowest BCUT2D eigenvalue weighted by molar-refractivity contribution is -0.148. The van der Waals surface area contributed by atoms with Crippen molar-refractivity contribution in [3.63, 3.8) is 0 Å². The van der Waals surface area contributed by atoms with E-state index in [1.807, 2.05) is 56.3 Å². The Morgan fingerprint density at radius 3 is 2.48 bits per heavy atom. The molecule has 0 aliphatic carbocycles. The number of benzene rings is 1. The second-order valence-electron chi connectivity index (χ2n) is 6.03. The van der Waals surface area contributed by atoms with Gasteiger partial charge in [-0.05, 0) is 23.8 Å². The van der Waals surface area contributed by atoms with Crippen molar-refractivity contribution in [3.05, 3.63) is 65.4 Å². The van der Waals surface area contributed by atoms with E-state index in [-0.39, 0.29) is 11.5 Å². The maximum absolute atomic E-state index is 11.2. The van der Waals surface area contributed by atoms with Crippen LogP contribution in [0.5, 0.6) is 0 Å². The first-order valence-corrected chi connectivity index (χ1v) is 7.85. The number of hydroxylamine groups is 2. The predicted molar refractivity (Wildman–Crippen MR) is 90.8 cm³/mol. The van der Waals surface area contributed by atoms with Gasteiger partial charge in [-0.25, -0.2) is 0 Å². The molecular weight excluding hydrogens is 312 g/mol. The van der Waals surface area contributed by atoms with E-state index in [2.05, 4.69) is 4.98 Å². The molecule has 1 atom stereocenters. The first kappa shape index (κ1) is 17.6. The van der Waals surface area contributed by atoms with E-state index >= 15 is 0 Å². The van der Waals surface area contributed by atoms with Crippen LogP contribution in [-0.4, -0.2) is 29.0 Å². The summed E-state index contributed by atoms with van der Waals surface area (Å²) < 4.78 is 0. The third-order valence-corrected chi connectivity index (χ3v) is 4.06. The van der Waals surface area contributed by atoms with Gasteiger partial charge in [-0.2, -0.15) is 5.06 Å². The number of hydrogen-bond donors (Lipinski definition) is 0. The maximum atomic E-state index is 11.2. The van der Waals surface area contributed by atoms with E-state index in [1.54, 1.807) is 17.5 Å². The number of pyridine rings is 1. The van der Waals surface area contributed by atoms with Gasteiger partial charge in [-0.1, -0.05) is 49.7 Å². The lowest BCUT2D eigenvalue weighted by Crippen LogP contribution is -2.37. The van der Waals surface area contributed by atoms with Crippen molar-refractivity contribution in [1.82, 2.24) is 10.0 Å². The second kappa shape index (κ2) is 8.20. The standard InChI is InChI=1S/C13H16ClNO2.C5H5N/c1-13(2)9-17-15(12(13)8-16)7-10-5-3-4-6-11(10)14;1-2-4-6-5-3-1/h3-6,8,12H,7,9H2,1-2H3;1-5H. The van der Waals surface area contributed by atoms with Crippen molar-refractivity contribution >= 4 is 17.9 Å². The number of nitrogens with zero attached hydrogens (tertiary/aromatic N) is 2. The topological polar surface area (TPSA) is 42.4 Å². The number of rotatable bonds is 3. The molecular formula is C18H21ClN2O2. The highest BCUT2D eigenvalue weighted by Crippen LogP contribution is 2.33. The summed E-state index contributed by atoms with van der Waals surface area (Å²) in [5, 5.41) is 2.42. The molecule has 1 aliphatic rings. The molecule has 0 radical (unpaired) electrons. The fraction of sp³-hybridized carbons (Fsp3) is 0.333. The SMILES string of the molecule is CC1(C)CON(Cc2ccccc2Cl)C1C=O.c1ccncc1. The summed E-state index contributed by atoms with van der Waals surface area (Å²) in [6, 6.07) is 13.1. The van der Waals surface area contributed by atoms with Gasteiger partial charge in [0.1, 0.15) is 6.29 Å². The summed E-state index contributed by atoms with van der Waals surface area (Å²) in [5.41, 5.74) is 0.821. The van der Waals surface area contributed by atoms with Gasteiger partial charge >= 0.3 is 0 Å². The van der Waals surface area contributed by atoms with Crippen molar-refractivity contribution in [1.29, 1.82) is 0 Å². The van der Waals surface area contributed by atoms with Crippen molar-refractivity contribution in [2.75, 3.05) is 6.61 Å². The summed E-state index contributed by atoms with van der Waals surface area (Å²) in [6.07, 6.45) is 4.45. The van der Waals surface area contributed by atoms with Crippen molar-refractivity contribution in [2.24, 2.45) is 5.41 Å². The van der Waals surface area contributed by atoms with Crippen LogP contribution in [0.3, 0.4) is 0 Å². The largest absolute Gasteiger partial charge is 0.302 e. The van der Waals surface area contributed by atoms with Gasteiger partial charge in [0, 0.05) is 22.8 Å². The van der Waals surface area contributed by atoms with Crippen molar-refractivity contribution < 1.29 is 9.63 Å². The molecule has 5 heteroatoms. The van der Waals surface area contributed by atoms with Crippen LogP contribution in [0.15, 0.2) is 54.9 Å². The maximum Gasteiger partial charge on any atom is 0.140 e. The number of hydrogen-bond acceptors (Lipinski definition) is 4. The number of carbonyl (C=O) groups excluding carboxylic acids is 1. The number of carbonyl (C=O) groups is 1. The molecule has 2 heterocycles. The number of aromatic nitrogens is 1. The minimum atomic E-state index is -0.223. The summed E-state index contributed by atoms with van der Waals surface area (Å²) in [7, 11) is 0. The zero-order valence-electron chi connectivity index (χ0n) is 13.4. The summed E-state index contributed by atoms with van der Waals surface area (Å²) in [5.74, 6) is 0. The average Bonchev–Trinajstić information content (AvgIpc) is 2.85. The summed E-state index contributed by atoms with van der Waals surface area (Å²) in [4.78, 5) is 20.5. The van der Waals surface area contributed by atoms with Crippen LogP contribution in [0.2, 0.25) is 5.02 Å². The molecule has 1 unspecified atom stereocenters. The van der Waals surface area contributed by atoms with Crippen LogP contribution in [-0.2, 0) is 16.2 Å². The van der Waals surface area contributed by atoms with Gasteiger partial charge in [0.25, 0.3) is 0 Å². The Hall–Kier alpha value is -1.75. The first-order chi connectivity index (χ1) is 11.0. The molecule has 1 aromatic carbocycles. The van der Waals surface area contributed by atoms with Gasteiger partial charge in [-0.15, -0.1) is 0 Å². The van der Waals surface area contributed by atoms with Crippen LogP contribution in [0.25, 0.3) is 0 Å². The van der Waals surface area contributed by atoms with Crippen LogP contribution >= 0.6 is 11.6 Å². The minimum absolute atomic E-state index is 0.150. The fourth-order valence-electron chi connectivity index (χ4n) is 2.31. The molecule has 0 spiro atoms. The molecule has 0 amide bonds. The molecule has 0 N–H and O–H groups in total. The highest BCUT2D eigenvalue weighted by atomic mass is 35.5. The van der Waals surface area contributed by atoms with E-state index in [0.29, 0.717) is 18.2 Å². The van der Waals surface area contributed by atoms with E-state index < -0.39 is 0 Å². The third kappa shape index (κ3) is 4.86. The lowest BCUT2D eigenvalue weighted by Gasteiger charge is -2.24. The molecule has 122 valence electrons. The van der Waals surface area contributed by atoms with Gasteiger partial charge in [0.05, 0.1) is 19.2 Å². The number of halogens is 1. The van der Waals surface area contributed by atoms with E-state index in [9.17, 15) is 4.79 Å². The Balaban J connectivity index is 0.000000268. The Morgan fingerprint density at radius 2 is 1.96 bits per heavy atom. The summed E-state index contributed by atoms with van der Waals surface area (Å²) >= 11 is 6.09. The molecule has 1 aromatic heterocycles. The zero-order valence-corrected chi connectivity index (χ0v) is 14.1. The molecule has 1 fully saturated rings. The average molecular weight is 333 g/mol. The molecule has 0 saturated carbocycles. The van der Waals surface area contributed by atoms with Crippen LogP contribution in [0.4, 0.5) is 0 Å². The van der Waals surface area contributed by atoms with Crippen LogP contribution in [0, 0.1) is 5.41 Å². The van der Waals surface area contributed by atoms with E-state index in [0.717, 1.165) is 11.8 Å². The summed E-state index contributed by atoms with van der Waals surface area (Å²) in [6.45, 7) is 5.14. The fourth-order valence-corrected chi connectivity index (χ4v) is 2.50. The van der Waals surface area contributed by atoms with E-state index in [4.69, 9.17) is 16.4 Å². The Morgan fingerprint density at radius 1 is 1.26 bits per heavy atom. The second-order valence-corrected chi connectivity index (χ2v) is 6.44. The third-order valence-electron chi connectivity index (χ3n) is 3.69. The van der Waals surface area contributed by atoms with Crippen LogP contribution in [0.1, 0.15) is 19.4 Å². The first-order valence-electron chi connectivity index (χ1n) is 7.48. The van der Waals surface area contributed by atoms with Gasteiger partial charge < -0.3 is 4.79 Å².